The van der Waals surface area contributed by atoms with Crippen molar-refractivity contribution in [3.63, 3.8) is 0 Å². The van der Waals surface area contributed by atoms with E-state index in [2.05, 4.69) is 31.4 Å². The van der Waals surface area contributed by atoms with Gasteiger partial charge in [0.05, 0.1) is 0 Å². The van der Waals surface area contributed by atoms with Crippen LogP contribution in [0.2, 0.25) is 0 Å². The van der Waals surface area contributed by atoms with E-state index in [-0.39, 0.29) is 11.8 Å². The molecule has 0 radical (unpaired) electrons. The van der Waals surface area contributed by atoms with Gasteiger partial charge in [0.25, 0.3) is 5.91 Å². The highest BCUT2D eigenvalue weighted by molar-refractivity contribution is 5.93. The SMILES string of the molecule is CC(C)(C)c1ccc(NC(=O)COC(=O)[C@H](Cc2ccccc2)NC(N)=O)cc1. The van der Waals surface area contributed by atoms with E-state index in [0.717, 1.165) is 11.1 Å². The van der Waals surface area contributed by atoms with Crippen molar-refractivity contribution in [2.45, 2.75) is 38.6 Å². The van der Waals surface area contributed by atoms with E-state index in [1.54, 1.807) is 12.1 Å². The molecule has 0 fully saturated rings. The molecular weight excluding hydrogens is 370 g/mol. The van der Waals surface area contributed by atoms with Crippen LogP contribution in [-0.4, -0.2) is 30.6 Å². The summed E-state index contributed by atoms with van der Waals surface area (Å²) in [5.41, 5.74) is 7.74. The van der Waals surface area contributed by atoms with Crippen LogP contribution in [0.1, 0.15) is 31.9 Å². The average molecular weight is 397 g/mol. The number of ether oxygens (including phenoxy) is 1. The molecule has 7 nitrogen and oxygen atoms in total. The quantitative estimate of drug-likeness (QED) is 0.624. The number of hydrogen-bond donors (Lipinski definition) is 3. The lowest BCUT2D eigenvalue weighted by atomic mass is 9.87. The Bertz CT molecular complexity index is 843. The second kappa shape index (κ2) is 9.73. The summed E-state index contributed by atoms with van der Waals surface area (Å²) >= 11 is 0. The third-order valence-corrected chi connectivity index (χ3v) is 4.26. The number of nitrogens with two attached hydrogens (primary N) is 1. The van der Waals surface area contributed by atoms with E-state index >= 15 is 0 Å². The van der Waals surface area contributed by atoms with E-state index in [1.807, 2.05) is 42.5 Å². The summed E-state index contributed by atoms with van der Waals surface area (Å²) in [5, 5.41) is 5.03. The first-order valence-electron chi connectivity index (χ1n) is 9.32. The molecule has 0 unspecified atom stereocenters. The Kier molecular flexibility index (Phi) is 7.36. The molecule has 0 aliphatic carbocycles. The Morgan fingerprint density at radius 3 is 2.17 bits per heavy atom. The fourth-order valence-corrected chi connectivity index (χ4v) is 2.70. The van der Waals surface area contributed by atoms with Gasteiger partial charge in [0, 0.05) is 12.1 Å². The molecule has 0 spiro atoms. The van der Waals surface area contributed by atoms with Crippen molar-refractivity contribution >= 4 is 23.6 Å². The maximum Gasteiger partial charge on any atom is 0.329 e. The van der Waals surface area contributed by atoms with E-state index in [1.165, 1.54) is 0 Å². The number of primary amides is 1. The fraction of sp³-hybridized carbons (Fsp3) is 0.318. The smallest absolute Gasteiger partial charge is 0.329 e. The summed E-state index contributed by atoms with van der Waals surface area (Å²) in [6.45, 7) is 5.84. The van der Waals surface area contributed by atoms with E-state index in [9.17, 15) is 14.4 Å². The summed E-state index contributed by atoms with van der Waals surface area (Å²) in [4.78, 5) is 35.6. The van der Waals surface area contributed by atoms with Crippen LogP contribution >= 0.6 is 0 Å². The standard InChI is InChI=1S/C22H27N3O4/c1-22(2,3)16-9-11-17(12-10-16)24-19(26)14-29-20(27)18(25-21(23)28)13-15-7-5-4-6-8-15/h4-12,18H,13-14H2,1-3H3,(H,24,26)(H3,23,25,28)/t18-/m0/s1. The minimum atomic E-state index is -0.978. The Hall–Kier alpha value is -3.35. The molecular formula is C22H27N3O4. The zero-order chi connectivity index (χ0) is 21.4. The van der Waals surface area contributed by atoms with Crippen LogP contribution in [0.4, 0.5) is 10.5 Å². The first kappa shape index (κ1) is 21.9. The van der Waals surface area contributed by atoms with Crippen LogP contribution in [0.25, 0.3) is 0 Å². The summed E-state index contributed by atoms with van der Waals surface area (Å²) in [7, 11) is 0. The molecule has 29 heavy (non-hydrogen) atoms. The van der Waals surface area contributed by atoms with Crippen LogP contribution in [-0.2, 0) is 26.2 Å². The number of carbonyl (C=O) groups excluding carboxylic acids is 3. The lowest BCUT2D eigenvalue weighted by Crippen LogP contribution is -2.46. The largest absolute Gasteiger partial charge is 0.454 e. The van der Waals surface area contributed by atoms with Crippen LogP contribution in [0, 0.1) is 0 Å². The summed E-state index contributed by atoms with van der Waals surface area (Å²) < 4.78 is 5.07. The number of nitrogens with one attached hydrogen (secondary N) is 2. The van der Waals surface area contributed by atoms with Crippen molar-refractivity contribution < 1.29 is 19.1 Å². The molecule has 0 aliphatic heterocycles. The second-order valence-corrected chi connectivity index (χ2v) is 7.73. The maximum absolute atomic E-state index is 12.3. The number of amides is 3. The predicted octanol–water partition coefficient (Wildman–Crippen LogP) is 2.75. The number of rotatable bonds is 7. The summed E-state index contributed by atoms with van der Waals surface area (Å²) in [6.07, 6.45) is 0.207. The molecule has 3 amide bonds. The number of urea groups is 1. The van der Waals surface area contributed by atoms with Gasteiger partial charge in [0.15, 0.2) is 6.61 Å². The highest BCUT2D eigenvalue weighted by atomic mass is 16.5. The molecule has 1 atom stereocenters. The topological polar surface area (TPSA) is 111 Å². The lowest BCUT2D eigenvalue weighted by molar-refractivity contribution is -0.149. The van der Waals surface area contributed by atoms with Gasteiger partial charge in [0.1, 0.15) is 6.04 Å². The van der Waals surface area contributed by atoms with E-state index in [4.69, 9.17) is 10.5 Å². The highest BCUT2D eigenvalue weighted by Gasteiger charge is 2.23. The molecule has 0 saturated heterocycles. The summed E-state index contributed by atoms with van der Waals surface area (Å²) in [6, 6.07) is 14.8. The van der Waals surface area contributed by atoms with Crippen molar-refractivity contribution in [2.24, 2.45) is 5.73 Å². The van der Waals surface area contributed by atoms with Gasteiger partial charge in [-0.2, -0.15) is 0 Å². The predicted molar refractivity (Wildman–Crippen MR) is 111 cm³/mol. The van der Waals surface area contributed by atoms with E-state index in [0.29, 0.717) is 5.69 Å². The Morgan fingerprint density at radius 1 is 1.00 bits per heavy atom. The Balaban J connectivity index is 1.91. The normalized spacial score (nSPS) is 12.0. The van der Waals surface area contributed by atoms with Crippen molar-refractivity contribution in [3.8, 4) is 0 Å². The van der Waals surface area contributed by atoms with Gasteiger partial charge in [-0.25, -0.2) is 9.59 Å². The molecule has 154 valence electrons. The first-order chi connectivity index (χ1) is 13.6. The lowest BCUT2D eigenvalue weighted by Gasteiger charge is -2.19. The number of esters is 1. The molecule has 0 saturated carbocycles. The number of benzene rings is 2. The zero-order valence-electron chi connectivity index (χ0n) is 16.9. The van der Waals surface area contributed by atoms with Crippen molar-refractivity contribution in [2.75, 3.05) is 11.9 Å². The second-order valence-electron chi connectivity index (χ2n) is 7.73. The van der Waals surface area contributed by atoms with Gasteiger partial charge in [-0.1, -0.05) is 63.2 Å². The van der Waals surface area contributed by atoms with Gasteiger partial charge in [-0.3, -0.25) is 4.79 Å². The van der Waals surface area contributed by atoms with Crippen molar-refractivity contribution in [1.29, 1.82) is 0 Å². The van der Waals surface area contributed by atoms with E-state index < -0.39 is 30.6 Å². The van der Waals surface area contributed by atoms with Crippen molar-refractivity contribution in [3.05, 3.63) is 65.7 Å². The maximum atomic E-state index is 12.3. The molecule has 0 bridgehead atoms. The number of carbonyl (C=O) groups is 3. The minimum absolute atomic E-state index is 0.0132. The molecule has 2 rings (SSSR count). The zero-order valence-corrected chi connectivity index (χ0v) is 16.9. The molecule has 2 aromatic carbocycles. The van der Waals surface area contributed by atoms with Crippen LogP contribution in [0.3, 0.4) is 0 Å². The third kappa shape index (κ3) is 7.29. The Morgan fingerprint density at radius 2 is 1.62 bits per heavy atom. The number of hydrogen-bond acceptors (Lipinski definition) is 4. The minimum Gasteiger partial charge on any atom is -0.454 e. The van der Waals surface area contributed by atoms with Gasteiger partial charge in [-0.05, 0) is 28.7 Å². The highest BCUT2D eigenvalue weighted by Crippen LogP contribution is 2.23. The fourth-order valence-electron chi connectivity index (χ4n) is 2.70. The van der Waals surface area contributed by atoms with Crippen molar-refractivity contribution in [1.82, 2.24) is 5.32 Å². The summed E-state index contributed by atoms with van der Waals surface area (Å²) in [5.74, 6) is -1.20. The molecule has 0 aromatic heterocycles. The van der Waals surface area contributed by atoms with Gasteiger partial charge >= 0.3 is 12.0 Å². The molecule has 4 N–H and O–H groups in total. The van der Waals surface area contributed by atoms with Gasteiger partial charge < -0.3 is 21.1 Å². The van der Waals surface area contributed by atoms with Crippen LogP contribution in [0.5, 0.6) is 0 Å². The van der Waals surface area contributed by atoms with Crippen LogP contribution in [0.15, 0.2) is 54.6 Å². The van der Waals surface area contributed by atoms with Gasteiger partial charge in [-0.15, -0.1) is 0 Å². The molecule has 0 heterocycles. The third-order valence-electron chi connectivity index (χ3n) is 4.26. The van der Waals surface area contributed by atoms with Crippen LogP contribution < -0.4 is 16.4 Å². The first-order valence-corrected chi connectivity index (χ1v) is 9.32. The molecule has 0 aliphatic rings. The Labute approximate surface area is 170 Å². The average Bonchev–Trinajstić information content (AvgIpc) is 2.66. The van der Waals surface area contributed by atoms with Gasteiger partial charge in [0.2, 0.25) is 0 Å². The molecule has 2 aromatic rings. The monoisotopic (exact) mass is 397 g/mol. The number of anilines is 1. The molecule has 7 heteroatoms.